The molecule has 1 heterocycles. The SMILES string of the molecule is CCOC(=O)C(=O)c1nc(C(F)(F)F)cs1. The molecule has 0 unspecified atom stereocenters. The van der Waals surface area contributed by atoms with Crippen LogP contribution in [0.25, 0.3) is 0 Å². The molecule has 0 aliphatic heterocycles. The fourth-order valence-electron chi connectivity index (χ4n) is 0.792. The Balaban J connectivity index is 2.86. The molecule has 0 bridgehead atoms. The number of aromatic nitrogens is 1. The number of ketones is 1. The van der Waals surface area contributed by atoms with Crippen LogP contribution in [0.15, 0.2) is 5.38 Å². The number of Topliss-reactive ketones (excluding diaryl/α,β-unsaturated/α-hetero) is 1. The molecular weight excluding hydrogens is 247 g/mol. The zero-order valence-electron chi connectivity index (χ0n) is 8.00. The number of esters is 1. The summed E-state index contributed by atoms with van der Waals surface area (Å²) in [6.45, 7) is 1.45. The molecule has 0 fully saturated rings. The molecule has 88 valence electrons. The first-order valence-electron chi connectivity index (χ1n) is 4.10. The summed E-state index contributed by atoms with van der Waals surface area (Å²) in [5, 5.41) is 0.151. The van der Waals surface area contributed by atoms with Crippen molar-refractivity contribution in [2.45, 2.75) is 13.1 Å². The monoisotopic (exact) mass is 253 g/mol. The van der Waals surface area contributed by atoms with Crippen molar-refractivity contribution in [3.8, 4) is 0 Å². The third-order valence-corrected chi connectivity index (χ3v) is 2.29. The van der Waals surface area contributed by atoms with Crippen LogP contribution in [0.5, 0.6) is 0 Å². The van der Waals surface area contributed by atoms with Crippen molar-refractivity contribution in [2.75, 3.05) is 6.61 Å². The quantitative estimate of drug-likeness (QED) is 0.469. The van der Waals surface area contributed by atoms with E-state index in [-0.39, 0.29) is 6.61 Å². The van der Waals surface area contributed by atoms with E-state index in [0.29, 0.717) is 16.7 Å². The normalized spacial score (nSPS) is 11.2. The molecule has 8 heteroatoms. The maximum atomic E-state index is 12.1. The summed E-state index contributed by atoms with van der Waals surface area (Å²) in [4.78, 5) is 25.1. The molecule has 0 spiro atoms. The number of hydrogen-bond acceptors (Lipinski definition) is 5. The average molecular weight is 253 g/mol. The minimum Gasteiger partial charge on any atom is -0.460 e. The fourth-order valence-corrected chi connectivity index (χ4v) is 1.54. The molecule has 1 aromatic heterocycles. The fraction of sp³-hybridized carbons (Fsp3) is 0.375. The van der Waals surface area contributed by atoms with Crippen molar-refractivity contribution in [3.63, 3.8) is 0 Å². The minimum absolute atomic E-state index is 0.0257. The van der Waals surface area contributed by atoms with Crippen LogP contribution in [0, 0.1) is 0 Å². The zero-order chi connectivity index (χ0) is 12.3. The third-order valence-electron chi connectivity index (χ3n) is 1.45. The van der Waals surface area contributed by atoms with Crippen molar-refractivity contribution in [2.24, 2.45) is 0 Å². The van der Waals surface area contributed by atoms with E-state index in [1.165, 1.54) is 6.92 Å². The van der Waals surface area contributed by atoms with Crippen molar-refractivity contribution < 1.29 is 27.5 Å². The lowest BCUT2D eigenvalue weighted by atomic mass is 10.4. The second-order valence-corrected chi connectivity index (χ2v) is 3.44. The van der Waals surface area contributed by atoms with Gasteiger partial charge in [0.05, 0.1) is 6.61 Å². The molecule has 0 aliphatic carbocycles. The number of carbonyl (C=O) groups is 2. The molecule has 1 aromatic rings. The van der Waals surface area contributed by atoms with Crippen LogP contribution in [0.3, 0.4) is 0 Å². The molecule has 4 nitrogen and oxygen atoms in total. The summed E-state index contributed by atoms with van der Waals surface area (Å²) in [6, 6.07) is 0. The molecule has 0 saturated carbocycles. The van der Waals surface area contributed by atoms with Gasteiger partial charge in [-0.1, -0.05) is 0 Å². The molecule has 0 N–H and O–H groups in total. The van der Waals surface area contributed by atoms with Gasteiger partial charge >= 0.3 is 12.1 Å². The highest BCUT2D eigenvalue weighted by Gasteiger charge is 2.35. The molecular formula is C8H6F3NO3S. The van der Waals surface area contributed by atoms with Gasteiger partial charge in [-0.25, -0.2) is 9.78 Å². The van der Waals surface area contributed by atoms with Gasteiger partial charge in [0.15, 0.2) is 10.7 Å². The second-order valence-electron chi connectivity index (χ2n) is 2.59. The largest absolute Gasteiger partial charge is 0.460 e. The van der Waals surface area contributed by atoms with Crippen molar-refractivity contribution in [1.82, 2.24) is 4.98 Å². The van der Waals surface area contributed by atoms with Crippen molar-refractivity contribution >= 4 is 23.1 Å². The van der Waals surface area contributed by atoms with Gasteiger partial charge in [0.2, 0.25) is 0 Å². The first-order valence-corrected chi connectivity index (χ1v) is 4.98. The number of thiazole rings is 1. The van der Waals surface area contributed by atoms with Crippen LogP contribution in [0.1, 0.15) is 22.4 Å². The van der Waals surface area contributed by atoms with Gasteiger partial charge in [0.25, 0.3) is 5.78 Å². The Morgan fingerprint density at radius 3 is 2.56 bits per heavy atom. The molecule has 0 saturated heterocycles. The van der Waals surface area contributed by atoms with E-state index in [0.717, 1.165) is 0 Å². The van der Waals surface area contributed by atoms with E-state index in [1.807, 2.05) is 0 Å². The molecule has 0 amide bonds. The number of carbonyl (C=O) groups excluding carboxylic acids is 2. The van der Waals surface area contributed by atoms with Crippen LogP contribution in [-0.2, 0) is 15.7 Å². The molecule has 1 rings (SSSR count). The summed E-state index contributed by atoms with van der Waals surface area (Å²) in [7, 11) is 0. The highest BCUT2D eigenvalue weighted by molar-refractivity contribution is 7.12. The molecule has 16 heavy (non-hydrogen) atoms. The minimum atomic E-state index is -4.62. The second kappa shape index (κ2) is 4.60. The lowest BCUT2D eigenvalue weighted by molar-refractivity contribution is -0.141. The summed E-state index contributed by atoms with van der Waals surface area (Å²) in [5.41, 5.74) is -1.19. The van der Waals surface area contributed by atoms with Crippen LogP contribution >= 0.6 is 11.3 Å². The molecule has 0 aromatic carbocycles. The predicted octanol–water partition coefficient (Wildman–Crippen LogP) is 1.91. The number of hydrogen-bond donors (Lipinski definition) is 0. The molecule has 0 aliphatic rings. The maximum absolute atomic E-state index is 12.1. The predicted molar refractivity (Wildman–Crippen MR) is 48.1 cm³/mol. The Kier molecular flexibility index (Phi) is 3.63. The van der Waals surface area contributed by atoms with Crippen LogP contribution in [0.4, 0.5) is 13.2 Å². The number of ether oxygens (including phenoxy) is 1. The summed E-state index contributed by atoms with van der Waals surface area (Å²) in [6.07, 6.45) is -4.62. The van der Waals surface area contributed by atoms with Gasteiger partial charge in [-0.3, -0.25) is 4.79 Å². The van der Waals surface area contributed by atoms with Gasteiger partial charge in [0.1, 0.15) is 0 Å². The standard InChI is InChI=1S/C8H6F3NO3S/c1-2-15-7(14)5(13)6-12-4(3-16-6)8(9,10)11/h3H,2H2,1H3. The van der Waals surface area contributed by atoms with Crippen LogP contribution < -0.4 is 0 Å². The Morgan fingerprint density at radius 2 is 2.12 bits per heavy atom. The lowest BCUT2D eigenvalue weighted by Crippen LogP contribution is -2.17. The van der Waals surface area contributed by atoms with Gasteiger partial charge in [0, 0.05) is 5.38 Å². The van der Waals surface area contributed by atoms with E-state index < -0.39 is 28.6 Å². The van der Waals surface area contributed by atoms with E-state index in [2.05, 4.69) is 9.72 Å². The number of alkyl halides is 3. The summed E-state index contributed by atoms with van der Waals surface area (Å²) < 4.78 is 40.7. The summed E-state index contributed by atoms with van der Waals surface area (Å²) >= 11 is 0.457. The average Bonchev–Trinajstić information content (AvgIpc) is 2.65. The Morgan fingerprint density at radius 1 is 1.50 bits per heavy atom. The van der Waals surface area contributed by atoms with Crippen molar-refractivity contribution in [3.05, 3.63) is 16.1 Å². The topological polar surface area (TPSA) is 56.3 Å². The van der Waals surface area contributed by atoms with Gasteiger partial charge < -0.3 is 4.74 Å². The van der Waals surface area contributed by atoms with Crippen molar-refractivity contribution in [1.29, 1.82) is 0 Å². The Labute approximate surface area is 92.0 Å². The van der Waals surface area contributed by atoms with Gasteiger partial charge in [-0.15, -0.1) is 11.3 Å². The lowest BCUT2D eigenvalue weighted by Gasteiger charge is -2.00. The first kappa shape index (κ1) is 12.6. The van der Waals surface area contributed by atoms with E-state index >= 15 is 0 Å². The van der Waals surface area contributed by atoms with E-state index in [4.69, 9.17) is 0 Å². The van der Waals surface area contributed by atoms with Crippen LogP contribution in [-0.4, -0.2) is 23.3 Å². The number of nitrogens with zero attached hydrogens (tertiary/aromatic N) is 1. The summed E-state index contributed by atoms with van der Waals surface area (Å²) in [5.74, 6) is -2.37. The molecule has 0 atom stereocenters. The zero-order valence-corrected chi connectivity index (χ0v) is 8.82. The Hall–Kier alpha value is -1.44. The van der Waals surface area contributed by atoms with E-state index in [1.54, 1.807) is 0 Å². The number of halogens is 3. The van der Waals surface area contributed by atoms with Gasteiger partial charge in [-0.05, 0) is 6.92 Å². The van der Waals surface area contributed by atoms with E-state index in [9.17, 15) is 22.8 Å². The van der Waals surface area contributed by atoms with Crippen LogP contribution in [0.2, 0.25) is 0 Å². The third kappa shape index (κ3) is 2.78. The Bertz CT molecular complexity index is 413. The molecule has 0 radical (unpaired) electrons. The highest BCUT2D eigenvalue weighted by atomic mass is 32.1. The smallest absolute Gasteiger partial charge is 0.434 e. The van der Waals surface area contributed by atoms with Gasteiger partial charge in [-0.2, -0.15) is 13.2 Å². The highest BCUT2D eigenvalue weighted by Crippen LogP contribution is 2.30. The first-order chi connectivity index (χ1) is 7.36. The maximum Gasteiger partial charge on any atom is 0.434 e. The number of rotatable bonds is 3.